The maximum atomic E-state index is 5.92. The molecule has 0 saturated heterocycles. The van der Waals surface area contributed by atoms with Gasteiger partial charge in [0, 0.05) is 13.5 Å². The van der Waals surface area contributed by atoms with E-state index >= 15 is 0 Å². The molecule has 7 nitrogen and oxygen atoms in total. The zero-order valence-corrected chi connectivity index (χ0v) is 17.0. The van der Waals surface area contributed by atoms with Gasteiger partial charge in [-0.05, 0) is 30.0 Å². The van der Waals surface area contributed by atoms with Crippen LogP contribution in [0.1, 0.15) is 43.9 Å². The standard InChI is InChI=1S/C19H25N5O2S/c1-5-15-6-8-16(9-7-15)25-11-17-21-23-19(24(17)10-13(2)3)27-12-18-22-20-14(4)26-18/h6-9,13H,5,10-12H2,1-4H3. The Morgan fingerprint density at radius 3 is 2.52 bits per heavy atom. The molecule has 0 aliphatic heterocycles. The van der Waals surface area contributed by atoms with Crippen LogP contribution < -0.4 is 4.74 Å². The monoisotopic (exact) mass is 387 g/mol. The molecule has 0 fully saturated rings. The smallest absolute Gasteiger partial charge is 0.226 e. The second-order valence-corrected chi connectivity index (χ2v) is 7.64. The Balaban J connectivity index is 1.68. The molecule has 144 valence electrons. The Hall–Kier alpha value is -2.35. The molecular formula is C19H25N5O2S. The highest BCUT2D eigenvalue weighted by Crippen LogP contribution is 2.23. The van der Waals surface area contributed by atoms with Gasteiger partial charge in [-0.25, -0.2) is 0 Å². The zero-order chi connectivity index (χ0) is 19.2. The number of benzene rings is 1. The fourth-order valence-electron chi connectivity index (χ4n) is 2.57. The average molecular weight is 388 g/mol. The molecule has 2 heterocycles. The van der Waals surface area contributed by atoms with Gasteiger partial charge in [-0.15, -0.1) is 20.4 Å². The molecule has 27 heavy (non-hydrogen) atoms. The second-order valence-electron chi connectivity index (χ2n) is 6.69. The lowest BCUT2D eigenvalue weighted by molar-refractivity contribution is 0.284. The predicted octanol–water partition coefficient (Wildman–Crippen LogP) is 4.06. The van der Waals surface area contributed by atoms with Gasteiger partial charge in [0.1, 0.15) is 12.4 Å². The van der Waals surface area contributed by atoms with E-state index in [-0.39, 0.29) is 0 Å². The molecule has 8 heteroatoms. The summed E-state index contributed by atoms with van der Waals surface area (Å²) in [6.45, 7) is 9.47. The van der Waals surface area contributed by atoms with Crippen molar-refractivity contribution in [3.63, 3.8) is 0 Å². The number of aryl methyl sites for hydroxylation is 2. The molecule has 2 aromatic heterocycles. The number of rotatable bonds is 9. The van der Waals surface area contributed by atoms with Gasteiger partial charge in [-0.1, -0.05) is 44.7 Å². The van der Waals surface area contributed by atoms with Gasteiger partial charge in [-0.3, -0.25) is 0 Å². The lowest BCUT2D eigenvalue weighted by Crippen LogP contribution is -2.12. The molecule has 0 atom stereocenters. The SMILES string of the molecule is CCc1ccc(OCc2nnc(SCc3nnc(C)o3)n2CC(C)C)cc1. The van der Waals surface area contributed by atoms with E-state index in [4.69, 9.17) is 9.15 Å². The van der Waals surface area contributed by atoms with Gasteiger partial charge in [-0.2, -0.15) is 0 Å². The van der Waals surface area contributed by atoms with Crippen LogP contribution in [0.15, 0.2) is 33.8 Å². The summed E-state index contributed by atoms with van der Waals surface area (Å²) in [6.07, 6.45) is 1.02. The molecule has 0 saturated carbocycles. The Morgan fingerprint density at radius 1 is 1.11 bits per heavy atom. The third-order valence-corrected chi connectivity index (χ3v) is 4.88. The van der Waals surface area contributed by atoms with E-state index in [1.807, 2.05) is 12.1 Å². The first-order valence-electron chi connectivity index (χ1n) is 9.10. The molecular weight excluding hydrogens is 362 g/mol. The molecule has 0 amide bonds. The predicted molar refractivity (Wildman–Crippen MR) is 104 cm³/mol. The third-order valence-electron chi connectivity index (χ3n) is 3.93. The summed E-state index contributed by atoms with van der Waals surface area (Å²) in [5, 5.41) is 17.4. The maximum absolute atomic E-state index is 5.92. The van der Waals surface area contributed by atoms with Crippen LogP contribution >= 0.6 is 11.8 Å². The average Bonchev–Trinajstić information content (AvgIpc) is 3.24. The van der Waals surface area contributed by atoms with Crippen molar-refractivity contribution < 1.29 is 9.15 Å². The maximum Gasteiger partial charge on any atom is 0.226 e. The van der Waals surface area contributed by atoms with Crippen LogP contribution in [-0.4, -0.2) is 25.0 Å². The van der Waals surface area contributed by atoms with Gasteiger partial charge in [0.05, 0.1) is 5.75 Å². The van der Waals surface area contributed by atoms with Crippen molar-refractivity contribution in [2.45, 2.75) is 58.2 Å². The summed E-state index contributed by atoms with van der Waals surface area (Å²) in [5.74, 6) is 3.84. The molecule has 0 aliphatic carbocycles. The highest BCUT2D eigenvalue weighted by atomic mass is 32.2. The van der Waals surface area contributed by atoms with Crippen LogP contribution in [0.3, 0.4) is 0 Å². The molecule has 0 bridgehead atoms. The topological polar surface area (TPSA) is 78.9 Å². The van der Waals surface area contributed by atoms with Crippen LogP contribution in [0.5, 0.6) is 5.75 Å². The molecule has 3 rings (SSSR count). The van der Waals surface area contributed by atoms with Crippen molar-refractivity contribution in [1.82, 2.24) is 25.0 Å². The first-order valence-corrected chi connectivity index (χ1v) is 10.1. The summed E-state index contributed by atoms with van der Waals surface area (Å²) in [7, 11) is 0. The number of hydrogen-bond donors (Lipinski definition) is 0. The van der Waals surface area contributed by atoms with Gasteiger partial charge < -0.3 is 13.7 Å². The number of aromatic nitrogens is 5. The number of nitrogens with zero attached hydrogens (tertiary/aromatic N) is 5. The van der Waals surface area contributed by atoms with E-state index in [1.165, 1.54) is 5.56 Å². The molecule has 0 aliphatic rings. The van der Waals surface area contributed by atoms with Crippen molar-refractivity contribution in [2.75, 3.05) is 0 Å². The van der Waals surface area contributed by atoms with Gasteiger partial charge in [0.2, 0.25) is 11.8 Å². The quantitative estimate of drug-likeness (QED) is 0.512. The van der Waals surface area contributed by atoms with Crippen molar-refractivity contribution >= 4 is 11.8 Å². The van der Waals surface area contributed by atoms with Crippen LogP contribution in [0.25, 0.3) is 0 Å². The molecule has 0 unspecified atom stereocenters. The van der Waals surface area contributed by atoms with Crippen molar-refractivity contribution in [3.05, 3.63) is 47.4 Å². The highest BCUT2D eigenvalue weighted by molar-refractivity contribution is 7.98. The summed E-state index contributed by atoms with van der Waals surface area (Å²) in [5.41, 5.74) is 1.29. The van der Waals surface area contributed by atoms with E-state index in [0.717, 1.165) is 29.7 Å². The minimum Gasteiger partial charge on any atom is -0.486 e. The fourth-order valence-corrected chi connectivity index (χ4v) is 3.38. The van der Waals surface area contributed by atoms with Gasteiger partial charge in [0.25, 0.3) is 0 Å². The van der Waals surface area contributed by atoms with Crippen molar-refractivity contribution in [3.8, 4) is 5.75 Å². The Bertz CT molecular complexity index is 857. The fraction of sp³-hybridized carbons (Fsp3) is 0.474. The van der Waals surface area contributed by atoms with Crippen LogP contribution in [0.2, 0.25) is 0 Å². The summed E-state index contributed by atoms with van der Waals surface area (Å²) >= 11 is 1.54. The largest absolute Gasteiger partial charge is 0.486 e. The van der Waals surface area contributed by atoms with E-state index in [0.29, 0.717) is 30.1 Å². The summed E-state index contributed by atoms with van der Waals surface area (Å²) < 4.78 is 13.5. The highest BCUT2D eigenvalue weighted by Gasteiger charge is 2.16. The van der Waals surface area contributed by atoms with Crippen LogP contribution in [0, 0.1) is 12.8 Å². The van der Waals surface area contributed by atoms with Crippen LogP contribution in [-0.2, 0) is 25.3 Å². The molecule has 0 radical (unpaired) electrons. The van der Waals surface area contributed by atoms with E-state index < -0.39 is 0 Å². The molecule has 3 aromatic rings. The molecule has 0 spiro atoms. The first kappa shape index (κ1) is 19.4. The van der Waals surface area contributed by atoms with Gasteiger partial charge in [0.15, 0.2) is 11.0 Å². The number of ether oxygens (including phenoxy) is 1. The van der Waals surface area contributed by atoms with E-state index in [9.17, 15) is 0 Å². The lowest BCUT2D eigenvalue weighted by atomic mass is 10.2. The van der Waals surface area contributed by atoms with E-state index in [1.54, 1.807) is 18.7 Å². The van der Waals surface area contributed by atoms with E-state index in [2.05, 4.69) is 57.9 Å². The molecule has 0 N–H and O–H groups in total. The summed E-state index contributed by atoms with van der Waals surface area (Å²) in [6, 6.07) is 8.16. The Kier molecular flexibility index (Phi) is 6.49. The minimum atomic E-state index is 0.380. The second kappa shape index (κ2) is 9.03. The van der Waals surface area contributed by atoms with Crippen molar-refractivity contribution in [1.29, 1.82) is 0 Å². The Labute approximate surface area is 163 Å². The zero-order valence-electron chi connectivity index (χ0n) is 16.2. The van der Waals surface area contributed by atoms with Crippen LogP contribution in [0.4, 0.5) is 0 Å². The number of thioether (sulfide) groups is 1. The molecule has 1 aromatic carbocycles. The number of hydrogen-bond acceptors (Lipinski definition) is 7. The van der Waals surface area contributed by atoms with Gasteiger partial charge >= 0.3 is 0 Å². The van der Waals surface area contributed by atoms with Crippen molar-refractivity contribution in [2.24, 2.45) is 5.92 Å². The Morgan fingerprint density at radius 2 is 1.89 bits per heavy atom. The minimum absolute atomic E-state index is 0.380. The lowest BCUT2D eigenvalue weighted by Gasteiger charge is -2.13. The normalized spacial score (nSPS) is 11.3. The summed E-state index contributed by atoms with van der Waals surface area (Å²) in [4.78, 5) is 0. The first-order chi connectivity index (χ1) is 13.0. The third kappa shape index (κ3) is 5.32.